The van der Waals surface area contributed by atoms with Gasteiger partial charge in [0.05, 0.1) is 13.2 Å². The molecule has 118 valence electrons. The highest BCUT2D eigenvalue weighted by Crippen LogP contribution is 2.08. The van der Waals surface area contributed by atoms with Crippen LogP contribution in [-0.4, -0.2) is 57.8 Å². The van der Waals surface area contributed by atoms with Gasteiger partial charge in [-0.1, -0.05) is 18.2 Å². The second-order valence-electron chi connectivity index (χ2n) is 4.92. The maximum absolute atomic E-state index is 13.5. The van der Waals surface area contributed by atoms with Crippen molar-refractivity contribution in [2.45, 2.75) is 12.8 Å². The fraction of sp³-hybridized carbons (Fsp3) is 0.562. The average Bonchev–Trinajstić information content (AvgIpc) is 2.47. The maximum atomic E-state index is 13.5. The molecule has 0 atom stereocenters. The van der Waals surface area contributed by atoms with Gasteiger partial charge < -0.3 is 9.47 Å². The van der Waals surface area contributed by atoms with Crippen molar-refractivity contribution in [3.05, 3.63) is 35.6 Å². The lowest BCUT2D eigenvalue weighted by Crippen LogP contribution is -2.34. The molecule has 0 amide bonds. The van der Waals surface area contributed by atoms with Crippen molar-refractivity contribution in [3.8, 4) is 0 Å². The van der Waals surface area contributed by atoms with Gasteiger partial charge in [0.1, 0.15) is 5.82 Å². The summed E-state index contributed by atoms with van der Waals surface area (Å²) < 4.78 is 23.6. The van der Waals surface area contributed by atoms with Crippen LogP contribution in [0.2, 0.25) is 0 Å². The number of benzene rings is 1. The third-order valence-corrected chi connectivity index (χ3v) is 3.18. The van der Waals surface area contributed by atoms with Crippen LogP contribution >= 0.6 is 0 Å². The molecule has 1 aromatic carbocycles. The van der Waals surface area contributed by atoms with Crippen LogP contribution in [0.1, 0.15) is 12.0 Å². The fourth-order valence-electron chi connectivity index (χ4n) is 2.08. The van der Waals surface area contributed by atoms with Crippen molar-refractivity contribution in [1.82, 2.24) is 4.90 Å². The number of rotatable bonds is 11. The first kappa shape index (κ1) is 17.8. The van der Waals surface area contributed by atoms with Crippen LogP contribution in [0, 0.1) is 5.82 Å². The zero-order valence-electron chi connectivity index (χ0n) is 12.8. The number of hydrogen-bond donors (Lipinski definition) is 0. The number of carbonyl (C=O) groups is 1. The second kappa shape index (κ2) is 10.4. The number of halogens is 1. The molecule has 0 aliphatic heterocycles. The van der Waals surface area contributed by atoms with Crippen LogP contribution in [0.25, 0.3) is 0 Å². The van der Waals surface area contributed by atoms with Gasteiger partial charge in [-0.2, -0.15) is 0 Å². The summed E-state index contributed by atoms with van der Waals surface area (Å²) in [5.41, 5.74) is 0.450. The van der Waals surface area contributed by atoms with E-state index >= 15 is 0 Å². The molecule has 0 heterocycles. The van der Waals surface area contributed by atoms with E-state index in [1.807, 2.05) is 4.90 Å². The molecule has 0 saturated heterocycles. The van der Waals surface area contributed by atoms with Crippen molar-refractivity contribution in [2.75, 3.05) is 47.1 Å². The Bertz CT molecular complexity index is 426. The Morgan fingerprint density at radius 2 is 1.86 bits per heavy atom. The van der Waals surface area contributed by atoms with Crippen molar-refractivity contribution >= 4 is 5.78 Å². The number of ketones is 1. The molecule has 0 fully saturated rings. The topological polar surface area (TPSA) is 38.8 Å². The minimum Gasteiger partial charge on any atom is -0.385 e. The molecule has 0 aliphatic carbocycles. The molecular weight excluding hydrogens is 273 g/mol. The second-order valence-corrected chi connectivity index (χ2v) is 4.92. The van der Waals surface area contributed by atoms with Crippen LogP contribution in [0.3, 0.4) is 0 Å². The van der Waals surface area contributed by atoms with E-state index in [0.717, 1.165) is 13.0 Å². The first-order valence-electron chi connectivity index (χ1n) is 7.12. The molecule has 0 saturated carbocycles. The molecule has 4 nitrogen and oxygen atoms in total. The number of hydrogen-bond acceptors (Lipinski definition) is 4. The quantitative estimate of drug-likeness (QED) is 0.585. The molecule has 0 aliphatic rings. The zero-order valence-corrected chi connectivity index (χ0v) is 12.8. The summed E-state index contributed by atoms with van der Waals surface area (Å²) in [5, 5.41) is 0. The Hall–Kier alpha value is -1.30. The smallest absolute Gasteiger partial charge is 0.151 e. The summed E-state index contributed by atoms with van der Waals surface area (Å²) in [5.74, 6) is -0.317. The average molecular weight is 297 g/mol. The Balaban J connectivity index is 2.48. The van der Waals surface area contributed by atoms with E-state index in [2.05, 4.69) is 0 Å². The van der Waals surface area contributed by atoms with E-state index in [-0.39, 0.29) is 18.0 Å². The lowest BCUT2D eigenvalue weighted by molar-refractivity contribution is -0.119. The van der Waals surface area contributed by atoms with E-state index in [0.29, 0.717) is 31.9 Å². The van der Waals surface area contributed by atoms with Gasteiger partial charge in [-0.25, -0.2) is 4.39 Å². The zero-order chi connectivity index (χ0) is 15.5. The van der Waals surface area contributed by atoms with Crippen molar-refractivity contribution in [2.24, 2.45) is 0 Å². The Morgan fingerprint density at radius 1 is 1.14 bits per heavy atom. The molecule has 1 aromatic rings. The van der Waals surface area contributed by atoms with Gasteiger partial charge in [0, 0.05) is 40.3 Å². The van der Waals surface area contributed by atoms with Crippen LogP contribution < -0.4 is 0 Å². The van der Waals surface area contributed by atoms with E-state index in [1.54, 1.807) is 32.4 Å². The van der Waals surface area contributed by atoms with Crippen molar-refractivity contribution < 1.29 is 18.7 Å². The highest BCUT2D eigenvalue weighted by Gasteiger charge is 2.13. The van der Waals surface area contributed by atoms with E-state index in [9.17, 15) is 9.18 Å². The van der Waals surface area contributed by atoms with Gasteiger partial charge in [0.15, 0.2) is 5.78 Å². The Kier molecular flexibility index (Phi) is 8.82. The van der Waals surface area contributed by atoms with Crippen LogP contribution in [0.5, 0.6) is 0 Å². The van der Waals surface area contributed by atoms with Gasteiger partial charge in [-0.3, -0.25) is 9.69 Å². The highest BCUT2D eigenvalue weighted by atomic mass is 19.1. The van der Waals surface area contributed by atoms with E-state index in [4.69, 9.17) is 9.47 Å². The largest absolute Gasteiger partial charge is 0.385 e. The third-order valence-electron chi connectivity index (χ3n) is 3.18. The standard InChI is InChI=1S/C16H24FNO3/c1-20-10-5-8-18(9-11-21-2)13-15(19)12-14-6-3-4-7-16(14)17/h3-4,6-7H,5,8-13H2,1-2H3. The molecule has 0 bridgehead atoms. The normalized spacial score (nSPS) is 11.0. The number of Topliss-reactive ketones (excluding diaryl/α,β-unsaturated/α-hetero) is 1. The minimum absolute atomic E-state index is 0.00798. The van der Waals surface area contributed by atoms with Crippen molar-refractivity contribution in [1.29, 1.82) is 0 Å². The molecule has 0 radical (unpaired) electrons. The summed E-state index contributed by atoms with van der Waals surface area (Å²) in [6.07, 6.45) is 0.980. The molecule has 5 heteroatoms. The monoisotopic (exact) mass is 297 g/mol. The summed E-state index contributed by atoms with van der Waals surface area (Å²) >= 11 is 0. The molecular formula is C16H24FNO3. The third kappa shape index (κ3) is 7.32. The molecule has 0 unspecified atom stereocenters. The molecule has 21 heavy (non-hydrogen) atoms. The predicted octanol–water partition coefficient (Wildman–Crippen LogP) is 1.92. The summed E-state index contributed by atoms with van der Waals surface area (Å²) in [6.45, 7) is 2.98. The molecule has 1 rings (SSSR count). The van der Waals surface area contributed by atoms with Gasteiger partial charge >= 0.3 is 0 Å². The molecule has 0 N–H and O–H groups in total. The van der Waals surface area contributed by atoms with Gasteiger partial charge in [-0.05, 0) is 18.1 Å². The first-order chi connectivity index (χ1) is 10.2. The predicted molar refractivity (Wildman–Crippen MR) is 79.9 cm³/mol. The summed E-state index contributed by atoms with van der Waals surface area (Å²) in [4.78, 5) is 14.1. The number of carbonyl (C=O) groups excluding carboxylic acids is 1. The van der Waals surface area contributed by atoms with Crippen molar-refractivity contribution in [3.63, 3.8) is 0 Å². The molecule has 0 spiro atoms. The maximum Gasteiger partial charge on any atom is 0.151 e. The van der Waals surface area contributed by atoms with Gasteiger partial charge in [-0.15, -0.1) is 0 Å². The van der Waals surface area contributed by atoms with Crippen LogP contribution in [0.4, 0.5) is 4.39 Å². The summed E-state index contributed by atoms with van der Waals surface area (Å²) in [7, 11) is 3.29. The Morgan fingerprint density at radius 3 is 2.52 bits per heavy atom. The minimum atomic E-state index is -0.325. The molecule has 0 aromatic heterocycles. The van der Waals surface area contributed by atoms with Crippen LogP contribution in [-0.2, 0) is 20.7 Å². The van der Waals surface area contributed by atoms with Crippen LogP contribution in [0.15, 0.2) is 24.3 Å². The Labute approximate surface area is 125 Å². The lowest BCUT2D eigenvalue weighted by atomic mass is 10.1. The van der Waals surface area contributed by atoms with Gasteiger partial charge in [0.25, 0.3) is 0 Å². The number of nitrogens with zero attached hydrogens (tertiary/aromatic N) is 1. The summed E-state index contributed by atoms with van der Waals surface area (Å²) in [6, 6.07) is 6.40. The van der Waals surface area contributed by atoms with E-state index < -0.39 is 0 Å². The fourth-order valence-corrected chi connectivity index (χ4v) is 2.08. The first-order valence-corrected chi connectivity index (χ1v) is 7.12. The lowest BCUT2D eigenvalue weighted by Gasteiger charge is -2.21. The van der Waals surface area contributed by atoms with Gasteiger partial charge in [0.2, 0.25) is 0 Å². The highest BCUT2D eigenvalue weighted by molar-refractivity contribution is 5.82. The number of ether oxygens (including phenoxy) is 2. The SMILES string of the molecule is COCCCN(CCOC)CC(=O)Cc1ccccc1F. The number of methoxy groups -OCH3 is 2. The van der Waals surface area contributed by atoms with E-state index in [1.165, 1.54) is 6.07 Å².